The molecule has 1 aliphatic heterocycles. The van der Waals surface area contributed by atoms with Crippen molar-refractivity contribution in [3.63, 3.8) is 0 Å². The molecule has 1 saturated heterocycles. The van der Waals surface area contributed by atoms with E-state index in [2.05, 4.69) is 60.0 Å². The van der Waals surface area contributed by atoms with Gasteiger partial charge < -0.3 is 14.2 Å². The van der Waals surface area contributed by atoms with Crippen LogP contribution in [0.25, 0.3) is 22.8 Å². The molecule has 0 atom stereocenters. The van der Waals surface area contributed by atoms with Crippen LogP contribution in [0.2, 0.25) is 0 Å². The van der Waals surface area contributed by atoms with Crippen molar-refractivity contribution < 1.29 is 14.1 Å². The molecule has 202 valence electrons. The minimum absolute atomic E-state index is 0.117. The molecule has 38 heavy (non-hydrogen) atoms. The van der Waals surface area contributed by atoms with E-state index in [1.165, 1.54) is 22.5 Å². The number of anilines is 1. The molecule has 2 aliphatic rings. The minimum Gasteiger partial charge on any atom is -0.466 e. The highest BCUT2D eigenvalue weighted by Gasteiger charge is 2.30. The van der Waals surface area contributed by atoms with Gasteiger partial charge in [-0.15, -0.1) is 0 Å². The van der Waals surface area contributed by atoms with Gasteiger partial charge in [0.1, 0.15) is 0 Å². The number of nitrogens with zero attached hydrogens (tertiary/aromatic N) is 5. The van der Waals surface area contributed by atoms with Crippen molar-refractivity contribution in [3.05, 3.63) is 47.3 Å². The van der Waals surface area contributed by atoms with Crippen molar-refractivity contribution in [2.45, 2.75) is 59.8 Å². The van der Waals surface area contributed by atoms with E-state index in [4.69, 9.17) is 19.2 Å². The van der Waals surface area contributed by atoms with Gasteiger partial charge in [0.2, 0.25) is 5.82 Å². The summed E-state index contributed by atoms with van der Waals surface area (Å²) in [6.07, 6.45) is 6.49. The molecule has 0 amide bonds. The Kier molecular flexibility index (Phi) is 7.79. The molecule has 0 unspecified atom stereocenters. The number of carbonyl (C=O) groups is 1. The lowest BCUT2D eigenvalue weighted by Gasteiger charge is -2.36. The molecular formula is C30H39N5O3. The quantitative estimate of drug-likeness (QED) is 0.388. The zero-order chi connectivity index (χ0) is 26.7. The molecule has 5 rings (SSSR count). The van der Waals surface area contributed by atoms with Gasteiger partial charge in [-0.2, -0.15) is 4.98 Å². The number of carbonyl (C=O) groups excluding carboxylic acids is 1. The van der Waals surface area contributed by atoms with Crippen LogP contribution in [0.3, 0.4) is 0 Å². The first-order chi connectivity index (χ1) is 18.4. The zero-order valence-corrected chi connectivity index (χ0v) is 23.1. The third kappa shape index (κ3) is 5.75. The zero-order valence-electron chi connectivity index (χ0n) is 23.1. The van der Waals surface area contributed by atoms with Crippen molar-refractivity contribution >= 4 is 11.7 Å². The van der Waals surface area contributed by atoms with E-state index in [9.17, 15) is 4.79 Å². The lowest BCUT2D eigenvalue weighted by Crippen LogP contribution is -2.47. The number of aryl methyl sites for hydroxylation is 1. The van der Waals surface area contributed by atoms with E-state index in [1.54, 1.807) is 0 Å². The number of esters is 1. The average molecular weight is 518 g/mol. The van der Waals surface area contributed by atoms with Gasteiger partial charge in [0.25, 0.3) is 5.89 Å². The van der Waals surface area contributed by atoms with Crippen LogP contribution in [-0.4, -0.2) is 65.3 Å². The number of fused-ring (bicyclic) bond motifs is 1. The van der Waals surface area contributed by atoms with Gasteiger partial charge in [-0.05, 0) is 73.4 Å². The second-order valence-electron chi connectivity index (χ2n) is 11.1. The topological polar surface area (TPSA) is 84.6 Å². The van der Waals surface area contributed by atoms with Crippen LogP contribution in [0, 0.1) is 5.41 Å². The average Bonchev–Trinajstić information content (AvgIpc) is 3.41. The Morgan fingerprint density at radius 3 is 2.55 bits per heavy atom. The maximum absolute atomic E-state index is 11.6. The summed E-state index contributed by atoms with van der Waals surface area (Å²) in [6, 6.07) is 8.38. The second kappa shape index (κ2) is 11.2. The molecule has 3 aromatic rings. The van der Waals surface area contributed by atoms with Gasteiger partial charge >= 0.3 is 5.97 Å². The first-order valence-electron chi connectivity index (χ1n) is 13.9. The summed E-state index contributed by atoms with van der Waals surface area (Å²) in [6.45, 7) is 13.6. The molecule has 3 heterocycles. The maximum Gasteiger partial charge on any atom is 0.307 e. The highest BCUT2D eigenvalue weighted by atomic mass is 16.5. The molecule has 0 radical (unpaired) electrons. The van der Waals surface area contributed by atoms with Crippen LogP contribution in [0.4, 0.5) is 5.69 Å². The van der Waals surface area contributed by atoms with Crippen LogP contribution in [0.15, 0.2) is 35.0 Å². The van der Waals surface area contributed by atoms with Crippen molar-refractivity contribution in [2.24, 2.45) is 5.41 Å². The van der Waals surface area contributed by atoms with Crippen LogP contribution < -0.4 is 4.90 Å². The fourth-order valence-corrected chi connectivity index (χ4v) is 5.63. The molecule has 0 N–H and O–H groups in total. The summed E-state index contributed by atoms with van der Waals surface area (Å²) in [5.41, 5.74) is 7.25. The molecule has 1 fully saturated rings. The summed E-state index contributed by atoms with van der Waals surface area (Å²) in [7, 11) is 0. The number of hydrogen-bond acceptors (Lipinski definition) is 8. The van der Waals surface area contributed by atoms with Crippen LogP contribution in [0.5, 0.6) is 0 Å². The fourth-order valence-electron chi connectivity index (χ4n) is 5.63. The van der Waals surface area contributed by atoms with E-state index in [0.29, 0.717) is 24.7 Å². The predicted molar refractivity (Wildman–Crippen MR) is 148 cm³/mol. The number of hydrogen-bond donors (Lipinski definition) is 0. The highest BCUT2D eigenvalue weighted by Crippen LogP contribution is 2.40. The van der Waals surface area contributed by atoms with Gasteiger partial charge in [-0.25, -0.2) is 0 Å². The van der Waals surface area contributed by atoms with Gasteiger partial charge in [0.05, 0.1) is 18.6 Å². The number of benzene rings is 1. The van der Waals surface area contributed by atoms with Gasteiger partial charge in [-0.1, -0.05) is 25.9 Å². The van der Waals surface area contributed by atoms with Crippen LogP contribution in [0.1, 0.15) is 57.4 Å². The fraction of sp³-hybridized carbons (Fsp3) is 0.533. The van der Waals surface area contributed by atoms with Crippen LogP contribution >= 0.6 is 0 Å². The Balaban J connectivity index is 1.25. The van der Waals surface area contributed by atoms with E-state index < -0.39 is 0 Å². The number of ether oxygens (including phenoxy) is 1. The Bertz CT molecular complexity index is 1260. The molecule has 8 heteroatoms. The van der Waals surface area contributed by atoms with E-state index in [-0.39, 0.29) is 11.4 Å². The summed E-state index contributed by atoms with van der Waals surface area (Å²) < 4.78 is 10.8. The Morgan fingerprint density at radius 1 is 1.08 bits per heavy atom. The summed E-state index contributed by atoms with van der Waals surface area (Å²) >= 11 is 0. The first-order valence-corrected chi connectivity index (χ1v) is 13.9. The Morgan fingerprint density at radius 2 is 1.84 bits per heavy atom. The van der Waals surface area contributed by atoms with E-state index in [0.717, 1.165) is 69.5 Å². The molecule has 0 spiro atoms. The molecule has 0 bridgehead atoms. The second-order valence-corrected chi connectivity index (χ2v) is 11.1. The third-order valence-electron chi connectivity index (χ3n) is 7.89. The number of aromatic nitrogens is 3. The Labute approximate surface area is 225 Å². The Hall–Kier alpha value is -3.26. The van der Waals surface area contributed by atoms with E-state index in [1.807, 2.05) is 13.1 Å². The standard InChI is InChI=1S/C30H39N5O3/c1-5-26-24-19-30(3,4)13-11-23(24)25(20-31-26)29-32-28(33-38-29)21-7-9-22(10-8-21)35-17-15-34(16-18-35)14-12-27(36)37-6-2/h7-10,20H,5-6,11-19H2,1-4H3. The van der Waals surface area contributed by atoms with Crippen molar-refractivity contribution in [1.29, 1.82) is 0 Å². The number of pyridine rings is 1. The monoisotopic (exact) mass is 517 g/mol. The largest absolute Gasteiger partial charge is 0.466 e. The SMILES string of the molecule is CCOC(=O)CCN1CCN(c2ccc(-c3noc(-c4cnc(CC)c5c4CCC(C)(C)C5)n3)cc2)CC1. The third-order valence-corrected chi connectivity index (χ3v) is 7.89. The summed E-state index contributed by atoms with van der Waals surface area (Å²) in [5.74, 6) is 1.03. The van der Waals surface area contributed by atoms with E-state index >= 15 is 0 Å². The lowest BCUT2D eigenvalue weighted by molar-refractivity contribution is -0.143. The summed E-state index contributed by atoms with van der Waals surface area (Å²) in [4.78, 5) is 25.9. The predicted octanol–water partition coefficient (Wildman–Crippen LogP) is 4.95. The molecule has 0 saturated carbocycles. The molecule has 1 aromatic carbocycles. The first kappa shape index (κ1) is 26.4. The highest BCUT2D eigenvalue weighted by molar-refractivity contribution is 5.69. The summed E-state index contributed by atoms with van der Waals surface area (Å²) in [5, 5.41) is 4.31. The van der Waals surface area contributed by atoms with Gasteiger partial charge in [0, 0.05) is 55.9 Å². The normalized spacial score (nSPS) is 17.3. The van der Waals surface area contributed by atoms with Crippen molar-refractivity contribution in [2.75, 3.05) is 44.2 Å². The van der Waals surface area contributed by atoms with Crippen molar-refractivity contribution in [1.82, 2.24) is 20.0 Å². The van der Waals surface area contributed by atoms with Crippen molar-refractivity contribution in [3.8, 4) is 22.8 Å². The molecule has 2 aromatic heterocycles. The molecular weight excluding hydrogens is 478 g/mol. The smallest absolute Gasteiger partial charge is 0.307 e. The van der Waals surface area contributed by atoms with Gasteiger partial charge in [0.15, 0.2) is 0 Å². The number of piperazine rings is 1. The van der Waals surface area contributed by atoms with Gasteiger partial charge in [-0.3, -0.25) is 14.7 Å². The maximum atomic E-state index is 11.6. The molecule has 1 aliphatic carbocycles. The lowest BCUT2D eigenvalue weighted by atomic mass is 9.73. The number of rotatable bonds is 8. The van der Waals surface area contributed by atoms with Crippen LogP contribution in [-0.2, 0) is 28.8 Å². The minimum atomic E-state index is -0.117. The molecule has 8 nitrogen and oxygen atoms in total.